The normalized spacial score (nSPS) is 11.6. The first-order valence-corrected chi connectivity index (χ1v) is 11.4. The van der Waals surface area contributed by atoms with Gasteiger partial charge in [0.2, 0.25) is 9.84 Å². The van der Waals surface area contributed by atoms with Gasteiger partial charge in [0.1, 0.15) is 17.3 Å². The third-order valence-corrected chi connectivity index (χ3v) is 6.86. The molecular formula is C24H17FN4O3S. The van der Waals surface area contributed by atoms with Crippen molar-refractivity contribution in [2.45, 2.75) is 9.92 Å². The Kier molecular flexibility index (Phi) is 5.10. The molecule has 0 N–H and O–H groups in total. The van der Waals surface area contributed by atoms with Crippen LogP contribution in [-0.2, 0) is 9.84 Å². The lowest BCUT2D eigenvalue weighted by atomic mass is 10.0. The Labute approximate surface area is 189 Å². The summed E-state index contributed by atoms with van der Waals surface area (Å²) in [4.78, 5) is 0.125. The molecule has 0 saturated heterocycles. The van der Waals surface area contributed by atoms with Crippen molar-refractivity contribution < 1.29 is 17.5 Å². The zero-order valence-corrected chi connectivity index (χ0v) is 18.2. The van der Waals surface area contributed by atoms with Crippen molar-refractivity contribution in [3.8, 4) is 28.3 Å². The molecule has 3 aromatic heterocycles. The predicted molar refractivity (Wildman–Crippen MR) is 120 cm³/mol. The number of rotatable bonds is 5. The van der Waals surface area contributed by atoms with Gasteiger partial charge in [-0.05, 0) is 42.5 Å². The smallest absolute Gasteiger partial charge is 0.225 e. The van der Waals surface area contributed by atoms with Crippen molar-refractivity contribution in [1.29, 1.82) is 0 Å². The first-order chi connectivity index (χ1) is 16.0. The average molecular weight is 460 g/mol. The zero-order chi connectivity index (χ0) is 23.0. The zero-order valence-electron chi connectivity index (χ0n) is 17.4. The summed E-state index contributed by atoms with van der Waals surface area (Å²) in [5.74, 6) is 0.144. The van der Waals surface area contributed by atoms with E-state index < -0.39 is 15.7 Å². The molecule has 0 amide bonds. The Bertz CT molecular complexity index is 1570. The van der Waals surface area contributed by atoms with E-state index in [4.69, 9.17) is 4.74 Å². The molecule has 2 aromatic carbocycles. The number of aromatic nitrogens is 4. The molecule has 5 rings (SSSR count). The largest absolute Gasteiger partial charge is 0.497 e. The molecule has 0 aliphatic rings. The summed E-state index contributed by atoms with van der Waals surface area (Å²) in [6, 6.07) is 20.7. The number of hydrogen-bond acceptors (Lipinski definition) is 6. The van der Waals surface area contributed by atoms with Crippen molar-refractivity contribution in [3.05, 3.63) is 90.9 Å². The van der Waals surface area contributed by atoms with Gasteiger partial charge < -0.3 is 4.74 Å². The molecule has 0 saturated carbocycles. The summed E-state index contributed by atoms with van der Waals surface area (Å²) < 4.78 is 47.3. The van der Waals surface area contributed by atoms with Crippen molar-refractivity contribution in [1.82, 2.24) is 19.8 Å². The molecule has 0 spiro atoms. The fraction of sp³-hybridized carbons (Fsp3) is 0.0417. The number of benzene rings is 2. The molecule has 0 atom stereocenters. The van der Waals surface area contributed by atoms with E-state index in [9.17, 15) is 12.8 Å². The van der Waals surface area contributed by atoms with Crippen LogP contribution < -0.4 is 4.74 Å². The lowest BCUT2D eigenvalue weighted by molar-refractivity contribution is 0.414. The first kappa shape index (κ1) is 20.8. The highest BCUT2D eigenvalue weighted by atomic mass is 32.2. The maximum absolute atomic E-state index is 14.7. The summed E-state index contributed by atoms with van der Waals surface area (Å²) in [5, 5.41) is 12.5. The number of fused-ring (bicyclic) bond motifs is 1. The van der Waals surface area contributed by atoms with Crippen LogP contribution in [-0.4, -0.2) is 35.3 Å². The minimum absolute atomic E-state index is 0.125. The maximum atomic E-state index is 14.7. The van der Waals surface area contributed by atoms with Crippen LogP contribution in [0.15, 0.2) is 95.0 Å². The highest BCUT2D eigenvalue weighted by molar-refractivity contribution is 7.91. The van der Waals surface area contributed by atoms with Crippen LogP contribution in [0.3, 0.4) is 0 Å². The standard InChI is InChI=1S/C24H17FN4O3S/c1-32-16-13-14-29-21(15-16)23(24(28-29)18-9-5-6-10-19(18)25)20-11-12-22(27-26-20)33(30,31)17-7-3-2-4-8-17/h2-15H,1H3. The molecule has 0 radical (unpaired) electrons. The topological polar surface area (TPSA) is 86.5 Å². The third kappa shape index (κ3) is 3.62. The molecule has 0 unspecified atom stereocenters. The van der Waals surface area contributed by atoms with E-state index in [1.165, 1.54) is 24.3 Å². The van der Waals surface area contributed by atoms with Crippen LogP contribution in [0.2, 0.25) is 0 Å². The SMILES string of the molecule is COc1ccn2nc(-c3ccccc3F)c(-c3ccc(S(=O)(=O)c4ccccc4)nn3)c2c1. The van der Waals surface area contributed by atoms with E-state index in [1.54, 1.807) is 72.4 Å². The summed E-state index contributed by atoms with van der Waals surface area (Å²) in [6.45, 7) is 0. The third-order valence-electron chi connectivity index (χ3n) is 5.20. The van der Waals surface area contributed by atoms with E-state index >= 15 is 0 Å². The number of methoxy groups -OCH3 is 1. The number of sulfone groups is 1. The Balaban J connectivity index is 1.69. The van der Waals surface area contributed by atoms with Gasteiger partial charge in [0.15, 0.2) is 5.03 Å². The van der Waals surface area contributed by atoms with E-state index in [2.05, 4.69) is 15.3 Å². The van der Waals surface area contributed by atoms with Gasteiger partial charge in [-0.25, -0.2) is 17.3 Å². The molecule has 0 bridgehead atoms. The van der Waals surface area contributed by atoms with Gasteiger partial charge in [0.05, 0.1) is 28.8 Å². The summed E-state index contributed by atoms with van der Waals surface area (Å²) >= 11 is 0. The molecule has 0 fully saturated rings. The van der Waals surface area contributed by atoms with Gasteiger partial charge in [0.25, 0.3) is 0 Å². The fourth-order valence-electron chi connectivity index (χ4n) is 3.56. The highest BCUT2D eigenvalue weighted by Gasteiger charge is 2.23. The van der Waals surface area contributed by atoms with Crippen LogP contribution >= 0.6 is 0 Å². The van der Waals surface area contributed by atoms with Gasteiger partial charge >= 0.3 is 0 Å². The minimum Gasteiger partial charge on any atom is -0.497 e. The molecule has 164 valence electrons. The Morgan fingerprint density at radius 1 is 0.909 bits per heavy atom. The van der Waals surface area contributed by atoms with Crippen molar-refractivity contribution in [2.75, 3.05) is 7.11 Å². The summed E-state index contributed by atoms with van der Waals surface area (Å²) in [5.41, 5.74) is 2.12. The second-order valence-corrected chi connectivity index (χ2v) is 9.07. The second-order valence-electron chi connectivity index (χ2n) is 7.17. The van der Waals surface area contributed by atoms with Crippen LogP contribution in [0.25, 0.3) is 28.0 Å². The Morgan fingerprint density at radius 2 is 1.67 bits per heavy atom. The van der Waals surface area contributed by atoms with Crippen LogP contribution in [0.5, 0.6) is 5.75 Å². The highest BCUT2D eigenvalue weighted by Crippen LogP contribution is 2.36. The van der Waals surface area contributed by atoms with Gasteiger partial charge in [-0.15, -0.1) is 10.2 Å². The van der Waals surface area contributed by atoms with Gasteiger partial charge in [-0.3, -0.25) is 0 Å². The van der Waals surface area contributed by atoms with Crippen LogP contribution in [0, 0.1) is 5.82 Å². The van der Waals surface area contributed by atoms with E-state index in [0.29, 0.717) is 28.2 Å². The number of nitrogens with zero attached hydrogens (tertiary/aromatic N) is 4. The van der Waals surface area contributed by atoms with E-state index in [0.717, 1.165) is 0 Å². The number of ether oxygens (including phenoxy) is 1. The lowest BCUT2D eigenvalue weighted by Crippen LogP contribution is -2.05. The maximum Gasteiger partial charge on any atom is 0.225 e. The molecule has 5 aromatic rings. The predicted octanol–water partition coefficient (Wildman–Crippen LogP) is 4.44. The van der Waals surface area contributed by atoms with E-state index in [1.807, 2.05) is 0 Å². The van der Waals surface area contributed by atoms with Gasteiger partial charge in [0, 0.05) is 17.8 Å². The van der Waals surface area contributed by atoms with Crippen LogP contribution in [0.4, 0.5) is 4.39 Å². The molecule has 0 aliphatic heterocycles. The van der Waals surface area contributed by atoms with Crippen molar-refractivity contribution in [2.24, 2.45) is 0 Å². The lowest BCUT2D eigenvalue weighted by Gasteiger charge is -2.06. The Hall–Kier alpha value is -4.11. The summed E-state index contributed by atoms with van der Waals surface area (Å²) in [7, 11) is -2.28. The minimum atomic E-state index is -3.82. The van der Waals surface area contributed by atoms with E-state index in [-0.39, 0.29) is 15.5 Å². The fourth-order valence-corrected chi connectivity index (χ4v) is 4.72. The van der Waals surface area contributed by atoms with Crippen molar-refractivity contribution in [3.63, 3.8) is 0 Å². The first-order valence-electron chi connectivity index (χ1n) is 9.94. The number of halogens is 1. The molecule has 9 heteroatoms. The van der Waals surface area contributed by atoms with Crippen molar-refractivity contribution >= 4 is 15.4 Å². The van der Waals surface area contributed by atoms with Crippen LogP contribution in [0.1, 0.15) is 0 Å². The monoisotopic (exact) mass is 460 g/mol. The molecule has 33 heavy (non-hydrogen) atoms. The summed E-state index contributed by atoms with van der Waals surface area (Å²) in [6.07, 6.45) is 1.70. The number of pyridine rings is 1. The molecule has 7 nitrogen and oxygen atoms in total. The molecule has 3 heterocycles. The quantitative estimate of drug-likeness (QED) is 0.385. The average Bonchev–Trinajstić information content (AvgIpc) is 3.23. The Morgan fingerprint density at radius 3 is 2.36 bits per heavy atom. The number of hydrogen-bond donors (Lipinski definition) is 0. The van der Waals surface area contributed by atoms with Gasteiger partial charge in [-0.1, -0.05) is 30.3 Å². The van der Waals surface area contributed by atoms with Gasteiger partial charge in [-0.2, -0.15) is 5.10 Å². The molecular weight excluding hydrogens is 443 g/mol. The second kappa shape index (κ2) is 8.10. The molecule has 0 aliphatic carbocycles.